The van der Waals surface area contributed by atoms with Crippen molar-refractivity contribution in [2.45, 2.75) is 5.60 Å². The maximum absolute atomic E-state index is 9.42. The summed E-state index contributed by atoms with van der Waals surface area (Å²) in [5.74, 6) is -0.752. The maximum Gasteiger partial charge on any atom is 0.189 e. The summed E-state index contributed by atoms with van der Waals surface area (Å²) in [4.78, 5) is 0. The number of nitrogens with zero attached hydrogens (tertiary/aromatic N) is 2. The largest absolute Gasteiger partial charge is 0.371 e. The van der Waals surface area contributed by atoms with Crippen LogP contribution in [0.4, 0.5) is 0 Å². The fourth-order valence-corrected chi connectivity index (χ4v) is 0.876. The van der Waals surface area contributed by atoms with Gasteiger partial charge in [-0.2, -0.15) is 10.5 Å². The lowest BCUT2D eigenvalue weighted by atomic mass is 9.86. The van der Waals surface area contributed by atoms with Crippen molar-refractivity contribution < 1.29 is 5.11 Å². The van der Waals surface area contributed by atoms with Crippen LogP contribution in [-0.4, -0.2) is 10.7 Å². The van der Waals surface area contributed by atoms with Crippen LogP contribution >= 0.6 is 0 Å². The molecule has 0 radical (unpaired) electrons. The molecule has 0 fully saturated rings. The molecule has 2 atom stereocenters. The fraction of sp³-hybridized carbons (Fsp3) is 0.250. The van der Waals surface area contributed by atoms with Crippen LogP contribution in [0.25, 0.3) is 0 Å². The van der Waals surface area contributed by atoms with Gasteiger partial charge in [0, 0.05) is 0 Å². The third-order valence-corrected chi connectivity index (χ3v) is 1.56. The molecule has 0 heterocycles. The average molecular weight is 146 g/mol. The molecule has 1 aliphatic carbocycles. The van der Waals surface area contributed by atoms with Gasteiger partial charge in [-0.3, -0.25) is 0 Å². The summed E-state index contributed by atoms with van der Waals surface area (Å²) in [6, 6.07) is 3.51. The lowest BCUT2D eigenvalue weighted by molar-refractivity contribution is 0.125. The third-order valence-electron chi connectivity index (χ3n) is 1.56. The second kappa shape index (κ2) is 2.57. The van der Waals surface area contributed by atoms with Crippen LogP contribution in [0, 0.1) is 28.6 Å². The minimum absolute atomic E-state index is 0.752. The molecule has 3 heteroatoms. The van der Waals surface area contributed by atoms with E-state index in [9.17, 15) is 5.11 Å². The van der Waals surface area contributed by atoms with Gasteiger partial charge in [0.2, 0.25) is 0 Å². The zero-order valence-electron chi connectivity index (χ0n) is 5.73. The summed E-state index contributed by atoms with van der Waals surface area (Å²) in [6.07, 6.45) is 6.01. The van der Waals surface area contributed by atoms with Gasteiger partial charge in [0.15, 0.2) is 5.60 Å². The van der Waals surface area contributed by atoms with Gasteiger partial charge in [-0.1, -0.05) is 18.2 Å². The van der Waals surface area contributed by atoms with Crippen LogP contribution in [-0.2, 0) is 0 Å². The summed E-state index contributed by atoms with van der Waals surface area (Å²) < 4.78 is 0. The van der Waals surface area contributed by atoms with Crippen molar-refractivity contribution in [3.63, 3.8) is 0 Å². The molecule has 0 bridgehead atoms. The lowest BCUT2D eigenvalue weighted by Gasteiger charge is -2.20. The zero-order valence-corrected chi connectivity index (χ0v) is 5.73. The van der Waals surface area contributed by atoms with Gasteiger partial charge in [-0.05, 0) is 6.08 Å². The van der Waals surface area contributed by atoms with Crippen molar-refractivity contribution in [3.05, 3.63) is 24.3 Å². The van der Waals surface area contributed by atoms with E-state index in [2.05, 4.69) is 0 Å². The van der Waals surface area contributed by atoms with Gasteiger partial charge in [0.25, 0.3) is 0 Å². The zero-order chi connectivity index (χ0) is 8.32. The van der Waals surface area contributed by atoms with Gasteiger partial charge < -0.3 is 5.11 Å². The molecular formula is C8H6N2O. The number of rotatable bonds is 0. The Balaban J connectivity index is 3.00. The fourth-order valence-electron chi connectivity index (χ4n) is 0.876. The van der Waals surface area contributed by atoms with Crippen molar-refractivity contribution in [3.8, 4) is 12.1 Å². The van der Waals surface area contributed by atoms with E-state index in [1.165, 1.54) is 12.2 Å². The minimum atomic E-state index is -1.64. The number of hydrogen-bond acceptors (Lipinski definition) is 3. The second-order valence-corrected chi connectivity index (χ2v) is 2.29. The van der Waals surface area contributed by atoms with E-state index < -0.39 is 11.5 Å². The van der Waals surface area contributed by atoms with Crippen LogP contribution < -0.4 is 0 Å². The molecule has 0 saturated carbocycles. The summed E-state index contributed by atoms with van der Waals surface area (Å²) in [6.45, 7) is 0. The molecule has 1 rings (SSSR count). The molecular weight excluding hydrogens is 140 g/mol. The van der Waals surface area contributed by atoms with Crippen molar-refractivity contribution >= 4 is 0 Å². The molecule has 1 N–H and O–H groups in total. The van der Waals surface area contributed by atoms with Gasteiger partial charge in [0.1, 0.15) is 12.0 Å². The van der Waals surface area contributed by atoms with Crippen LogP contribution in [0.2, 0.25) is 0 Å². The van der Waals surface area contributed by atoms with Gasteiger partial charge in [0.05, 0.1) is 6.07 Å². The first-order valence-electron chi connectivity index (χ1n) is 3.12. The van der Waals surface area contributed by atoms with Gasteiger partial charge in [-0.15, -0.1) is 0 Å². The highest BCUT2D eigenvalue weighted by atomic mass is 16.3. The molecule has 0 aromatic rings. The monoisotopic (exact) mass is 146 g/mol. The maximum atomic E-state index is 9.42. The molecule has 0 spiro atoms. The molecule has 1 aliphatic rings. The number of hydrogen-bond donors (Lipinski definition) is 1. The van der Waals surface area contributed by atoms with Crippen molar-refractivity contribution in [2.24, 2.45) is 5.92 Å². The number of nitriles is 2. The SMILES string of the molecule is N#CC1C=CC=CC1(O)C#N. The molecule has 0 saturated heterocycles. The Kier molecular flexibility index (Phi) is 1.76. The van der Waals surface area contributed by atoms with E-state index in [1.807, 2.05) is 6.07 Å². The molecule has 3 nitrogen and oxygen atoms in total. The minimum Gasteiger partial charge on any atom is -0.371 e. The first-order chi connectivity index (χ1) is 5.23. The smallest absolute Gasteiger partial charge is 0.189 e. The molecule has 0 aliphatic heterocycles. The van der Waals surface area contributed by atoms with Crippen molar-refractivity contribution in [1.82, 2.24) is 0 Å². The average Bonchev–Trinajstić information content (AvgIpc) is 2.05. The van der Waals surface area contributed by atoms with Crippen LogP contribution in [0.1, 0.15) is 0 Å². The predicted molar refractivity (Wildman–Crippen MR) is 37.9 cm³/mol. The van der Waals surface area contributed by atoms with E-state index >= 15 is 0 Å². The molecule has 54 valence electrons. The van der Waals surface area contributed by atoms with E-state index in [-0.39, 0.29) is 0 Å². The Bertz CT molecular complexity index is 292. The summed E-state index contributed by atoms with van der Waals surface area (Å²) >= 11 is 0. The van der Waals surface area contributed by atoms with Gasteiger partial charge in [-0.25, -0.2) is 0 Å². The third kappa shape index (κ3) is 1.14. The molecule has 0 amide bonds. The summed E-state index contributed by atoms with van der Waals surface area (Å²) in [7, 11) is 0. The first kappa shape index (κ1) is 7.53. The normalized spacial score (nSPS) is 34.3. The number of allylic oxidation sites excluding steroid dienone is 2. The first-order valence-corrected chi connectivity index (χ1v) is 3.12. The Labute approximate surface area is 64.5 Å². The Morgan fingerprint density at radius 3 is 2.55 bits per heavy atom. The van der Waals surface area contributed by atoms with Crippen LogP contribution in [0.3, 0.4) is 0 Å². The second-order valence-electron chi connectivity index (χ2n) is 2.29. The van der Waals surface area contributed by atoms with E-state index in [0.29, 0.717) is 0 Å². The van der Waals surface area contributed by atoms with Crippen LogP contribution in [0.15, 0.2) is 24.3 Å². The van der Waals surface area contributed by atoms with Crippen molar-refractivity contribution in [2.75, 3.05) is 0 Å². The van der Waals surface area contributed by atoms with E-state index in [0.717, 1.165) is 0 Å². The van der Waals surface area contributed by atoms with Crippen molar-refractivity contribution in [1.29, 1.82) is 10.5 Å². The highest BCUT2D eigenvalue weighted by Gasteiger charge is 2.33. The number of aliphatic hydroxyl groups is 1. The van der Waals surface area contributed by atoms with Crippen LogP contribution in [0.5, 0.6) is 0 Å². The Morgan fingerprint density at radius 1 is 1.36 bits per heavy atom. The van der Waals surface area contributed by atoms with E-state index in [4.69, 9.17) is 10.5 Å². The molecule has 0 aromatic heterocycles. The standard InChI is InChI=1S/C8H6N2O/c9-5-7-3-1-2-4-8(7,11)6-10/h1-4,7,11H. The lowest BCUT2D eigenvalue weighted by Crippen LogP contribution is -2.33. The predicted octanol–water partition coefficient (Wildman–Crippen LogP) is 0.507. The molecule has 0 aromatic carbocycles. The Morgan fingerprint density at radius 2 is 2.09 bits per heavy atom. The highest BCUT2D eigenvalue weighted by molar-refractivity contribution is 5.32. The molecule has 11 heavy (non-hydrogen) atoms. The summed E-state index contributed by atoms with van der Waals surface area (Å²) in [5.41, 5.74) is -1.64. The topological polar surface area (TPSA) is 67.8 Å². The quantitative estimate of drug-likeness (QED) is 0.506. The van der Waals surface area contributed by atoms with E-state index in [1.54, 1.807) is 18.2 Å². The highest BCUT2D eigenvalue weighted by Crippen LogP contribution is 2.22. The Hall–Kier alpha value is -1.58. The molecule has 2 unspecified atom stereocenters. The van der Waals surface area contributed by atoms with Gasteiger partial charge >= 0.3 is 0 Å². The summed E-state index contributed by atoms with van der Waals surface area (Å²) in [5, 5.41) is 26.4.